The zero-order valence-corrected chi connectivity index (χ0v) is 28.6. The van der Waals surface area contributed by atoms with E-state index in [9.17, 15) is 14.4 Å². The van der Waals surface area contributed by atoms with E-state index in [1.165, 1.54) is 0 Å². The third-order valence-corrected chi connectivity index (χ3v) is 6.72. The van der Waals surface area contributed by atoms with E-state index in [1.54, 1.807) is 0 Å². The Morgan fingerprint density at radius 1 is 0.609 bits per heavy atom. The predicted molar refractivity (Wildman–Crippen MR) is 193 cm³/mol. The molecule has 0 fully saturated rings. The van der Waals surface area contributed by atoms with Gasteiger partial charge in [0.1, 0.15) is 12.6 Å². The van der Waals surface area contributed by atoms with Crippen LogP contribution in [0.5, 0.6) is 0 Å². The Morgan fingerprint density at radius 3 is 1.65 bits per heavy atom. The highest BCUT2D eigenvalue weighted by Gasteiger charge is 2.11. The summed E-state index contributed by atoms with van der Waals surface area (Å²) in [6.07, 6.45) is 48.4. The molecular weight excluding hydrogens is 574 g/mol. The van der Waals surface area contributed by atoms with Gasteiger partial charge in [0.2, 0.25) is 5.91 Å². The SMILES string of the molecule is CC/C=C\C/C=C\C/C=C\C/C=C\C/C=C\C/C=C\CCC(=O)OC(/C=C\C/C=C\CCC)CCCCCCC(=O)NCC(=O)O. The summed E-state index contributed by atoms with van der Waals surface area (Å²) in [5.74, 6) is -1.47. The number of aliphatic carboxylic acids is 1. The van der Waals surface area contributed by atoms with E-state index >= 15 is 0 Å². The van der Waals surface area contributed by atoms with Crippen molar-refractivity contribution in [1.82, 2.24) is 5.32 Å². The molecule has 1 amide bonds. The monoisotopic (exact) mass is 635 g/mol. The first-order chi connectivity index (χ1) is 22.5. The van der Waals surface area contributed by atoms with Gasteiger partial charge in [-0.15, -0.1) is 0 Å². The molecule has 0 aliphatic rings. The molecule has 0 saturated carbocycles. The molecule has 46 heavy (non-hydrogen) atoms. The largest absolute Gasteiger partial charge is 0.480 e. The van der Waals surface area contributed by atoms with Gasteiger partial charge in [-0.05, 0) is 83.1 Å². The maximum absolute atomic E-state index is 12.5. The van der Waals surface area contributed by atoms with E-state index in [-0.39, 0.29) is 24.5 Å². The Kier molecular flexibility index (Phi) is 31.5. The van der Waals surface area contributed by atoms with Crippen LogP contribution in [0, 0.1) is 0 Å². The number of rotatable bonds is 29. The average molecular weight is 636 g/mol. The summed E-state index contributed by atoms with van der Waals surface area (Å²) in [4.78, 5) is 34.7. The maximum atomic E-state index is 12.5. The minimum atomic E-state index is -1.04. The molecule has 0 saturated heterocycles. The molecule has 0 radical (unpaired) electrons. The fourth-order valence-electron chi connectivity index (χ4n) is 4.20. The van der Waals surface area contributed by atoms with Gasteiger partial charge in [0.15, 0.2) is 0 Å². The van der Waals surface area contributed by atoms with Crippen molar-refractivity contribution in [3.05, 3.63) is 97.2 Å². The van der Waals surface area contributed by atoms with Crippen LogP contribution in [0.25, 0.3) is 0 Å². The third kappa shape index (κ3) is 33.2. The molecule has 0 aliphatic carbocycles. The van der Waals surface area contributed by atoms with Crippen molar-refractivity contribution in [2.75, 3.05) is 6.54 Å². The Bertz CT molecular complexity index is 1010. The molecule has 0 aromatic heterocycles. The fourth-order valence-corrected chi connectivity index (χ4v) is 4.20. The number of amides is 1. The standard InChI is InChI=1S/C40H61NO5/c1-3-5-7-9-11-12-13-14-15-16-17-18-19-20-21-22-23-25-31-35-40(45)46-37(32-28-24-10-8-6-4-2)33-29-26-27-30-34-38(42)41-36-39(43)44/h5,7-8,10-12,14-15,17-18,20-21,23,25,28,32,37H,3-4,6,9,13,16,19,22,24,26-27,29-31,33-36H2,1-2H3,(H,41,42)(H,43,44)/b7-5-,10-8-,12-11-,15-14-,18-17-,21-20-,25-23-,32-28-. The molecule has 0 aromatic carbocycles. The van der Waals surface area contributed by atoms with Gasteiger partial charge in [-0.1, -0.05) is 124 Å². The highest BCUT2D eigenvalue weighted by atomic mass is 16.5. The number of carbonyl (C=O) groups is 3. The Hall–Kier alpha value is -3.67. The lowest BCUT2D eigenvalue weighted by atomic mass is 10.1. The molecule has 0 rings (SSSR count). The van der Waals surface area contributed by atoms with Crippen molar-refractivity contribution >= 4 is 17.8 Å². The van der Waals surface area contributed by atoms with Gasteiger partial charge in [0.25, 0.3) is 0 Å². The van der Waals surface area contributed by atoms with E-state index in [4.69, 9.17) is 9.84 Å². The second kappa shape index (κ2) is 34.2. The van der Waals surface area contributed by atoms with Crippen LogP contribution in [-0.4, -0.2) is 35.6 Å². The number of carboxylic acid groups (broad SMARTS) is 1. The lowest BCUT2D eigenvalue weighted by molar-refractivity contribution is -0.147. The average Bonchev–Trinajstić information content (AvgIpc) is 3.04. The molecule has 0 aromatic rings. The number of nitrogens with one attached hydrogen (secondary N) is 1. The number of ether oxygens (including phenoxy) is 1. The van der Waals surface area contributed by atoms with Crippen molar-refractivity contribution in [3.63, 3.8) is 0 Å². The normalized spacial score (nSPS) is 13.3. The van der Waals surface area contributed by atoms with Gasteiger partial charge >= 0.3 is 11.9 Å². The predicted octanol–water partition coefficient (Wildman–Crippen LogP) is 10.2. The van der Waals surface area contributed by atoms with E-state index in [2.05, 4.69) is 104 Å². The van der Waals surface area contributed by atoms with E-state index < -0.39 is 5.97 Å². The molecule has 0 heterocycles. The summed E-state index contributed by atoms with van der Waals surface area (Å²) in [7, 11) is 0. The van der Waals surface area contributed by atoms with Crippen LogP contribution in [0.1, 0.15) is 123 Å². The molecule has 0 bridgehead atoms. The summed E-state index contributed by atoms with van der Waals surface area (Å²) in [6, 6.07) is 0. The summed E-state index contributed by atoms with van der Waals surface area (Å²) in [5, 5.41) is 11.0. The van der Waals surface area contributed by atoms with Gasteiger partial charge in [-0.3, -0.25) is 14.4 Å². The lowest BCUT2D eigenvalue weighted by Gasteiger charge is -2.14. The quantitative estimate of drug-likeness (QED) is 0.0485. The Morgan fingerprint density at radius 2 is 1.11 bits per heavy atom. The minimum absolute atomic E-state index is 0.189. The second-order valence-corrected chi connectivity index (χ2v) is 11.0. The Labute approximate surface area is 279 Å². The summed E-state index contributed by atoms with van der Waals surface area (Å²) >= 11 is 0. The first-order valence-electron chi connectivity index (χ1n) is 17.4. The van der Waals surface area contributed by atoms with Gasteiger partial charge in [0, 0.05) is 12.8 Å². The van der Waals surface area contributed by atoms with Crippen LogP contribution in [0.3, 0.4) is 0 Å². The minimum Gasteiger partial charge on any atom is -0.480 e. The van der Waals surface area contributed by atoms with Gasteiger partial charge in [0.05, 0.1) is 0 Å². The fraction of sp³-hybridized carbons (Fsp3) is 0.525. The van der Waals surface area contributed by atoms with Crippen molar-refractivity contribution < 1.29 is 24.2 Å². The van der Waals surface area contributed by atoms with Crippen LogP contribution in [0.4, 0.5) is 0 Å². The third-order valence-electron chi connectivity index (χ3n) is 6.72. The van der Waals surface area contributed by atoms with Gasteiger partial charge < -0.3 is 15.2 Å². The number of carbonyl (C=O) groups excluding carboxylic acids is 2. The number of carboxylic acids is 1. The zero-order chi connectivity index (χ0) is 33.8. The van der Waals surface area contributed by atoms with Crippen LogP contribution in [0.15, 0.2) is 97.2 Å². The van der Waals surface area contributed by atoms with E-state index in [0.29, 0.717) is 25.7 Å². The zero-order valence-electron chi connectivity index (χ0n) is 28.6. The lowest BCUT2D eigenvalue weighted by Crippen LogP contribution is -2.28. The van der Waals surface area contributed by atoms with Crippen LogP contribution >= 0.6 is 0 Å². The first kappa shape index (κ1) is 42.3. The van der Waals surface area contributed by atoms with E-state index in [1.807, 2.05) is 12.2 Å². The first-order valence-corrected chi connectivity index (χ1v) is 17.4. The van der Waals surface area contributed by atoms with Crippen molar-refractivity contribution in [3.8, 4) is 0 Å². The topological polar surface area (TPSA) is 92.7 Å². The van der Waals surface area contributed by atoms with Crippen molar-refractivity contribution in [2.45, 2.75) is 129 Å². The number of hydrogen-bond donors (Lipinski definition) is 2. The molecule has 0 aliphatic heterocycles. The van der Waals surface area contributed by atoms with Crippen LogP contribution in [0.2, 0.25) is 0 Å². The second-order valence-electron chi connectivity index (χ2n) is 11.0. The number of esters is 1. The highest BCUT2D eigenvalue weighted by Crippen LogP contribution is 2.13. The molecule has 6 heteroatoms. The van der Waals surface area contributed by atoms with Crippen molar-refractivity contribution in [1.29, 1.82) is 0 Å². The molecular formula is C40H61NO5. The molecule has 0 spiro atoms. The number of unbranched alkanes of at least 4 members (excludes halogenated alkanes) is 4. The van der Waals surface area contributed by atoms with Crippen LogP contribution < -0.4 is 5.32 Å². The van der Waals surface area contributed by atoms with Crippen LogP contribution in [-0.2, 0) is 19.1 Å². The maximum Gasteiger partial charge on any atom is 0.322 e. The number of hydrogen-bond acceptors (Lipinski definition) is 4. The van der Waals surface area contributed by atoms with Gasteiger partial charge in [-0.2, -0.15) is 0 Å². The molecule has 1 atom stereocenters. The van der Waals surface area contributed by atoms with Gasteiger partial charge in [-0.25, -0.2) is 0 Å². The highest BCUT2D eigenvalue weighted by molar-refractivity contribution is 5.80. The number of allylic oxidation sites excluding steroid dienone is 15. The molecule has 1 unspecified atom stereocenters. The smallest absolute Gasteiger partial charge is 0.322 e. The Balaban J connectivity index is 4.26. The molecule has 2 N–H and O–H groups in total. The summed E-state index contributed by atoms with van der Waals surface area (Å²) in [5.41, 5.74) is 0. The molecule has 6 nitrogen and oxygen atoms in total. The summed E-state index contributed by atoms with van der Waals surface area (Å²) in [6.45, 7) is 3.96. The summed E-state index contributed by atoms with van der Waals surface area (Å²) < 4.78 is 5.78. The van der Waals surface area contributed by atoms with Crippen molar-refractivity contribution in [2.24, 2.45) is 0 Å². The molecule has 256 valence electrons. The van der Waals surface area contributed by atoms with E-state index in [0.717, 1.165) is 83.5 Å².